The smallest absolute Gasteiger partial charge is 0.228 e. The molecule has 0 radical (unpaired) electrons. The zero-order valence-corrected chi connectivity index (χ0v) is 13.7. The van der Waals surface area contributed by atoms with Crippen LogP contribution < -0.4 is 0 Å². The fourth-order valence-electron chi connectivity index (χ4n) is 2.41. The number of ketones is 2. The minimum atomic E-state index is -3.06. The van der Waals surface area contributed by atoms with Crippen LogP contribution in [0.15, 0.2) is 22.7 Å². The van der Waals surface area contributed by atoms with E-state index in [0.29, 0.717) is 32.1 Å². The zero-order valence-electron chi connectivity index (χ0n) is 23.7. The first-order valence-corrected chi connectivity index (χ1v) is 7.81. The zero-order chi connectivity index (χ0) is 26.5. The van der Waals surface area contributed by atoms with E-state index in [9.17, 15) is 9.59 Å². The van der Waals surface area contributed by atoms with Crippen LogP contribution in [0.25, 0.3) is 0 Å². The number of unbranched alkanes of at least 4 members (excludes halogenated alkanes) is 4. The number of allylic oxidation sites excluding steroid dienone is 2. The summed E-state index contributed by atoms with van der Waals surface area (Å²) in [4.78, 5) is 25.6. The summed E-state index contributed by atoms with van der Waals surface area (Å²) in [6, 6.07) is 0. The number of ether oxygens (including phenoxy) is 2. The molecule has 24 heavy (non-hydrogen) atoms. The monoisotopic (exact) mass is 348 g/mol. The number of aliphatic hydroxyl groups excluding tert-OH is 1. The number of rotatable bonds is 12. The Bertz CT molecular complexity index is 824. The van der Waals surface area contributed by atoms with E-state index in [1.807, 2.05) is 0 Å². The molecule has 0 atom stereocenters. The highest BCUT2D eigenvalue weighted by molar-refractivity contribution is 6.23. The van der Waals surface area contributed by atoms with Gasteiger partial charge in [0, 0.05) is 27.3 Å². The van der Waals surface area contributed by atoms with E-state index in [-0.39, 0.29) is 18.4 Å². The van der Waals surface area contributed by atoms with Crippen molar-refractivity contribution < 1.29 is 37.9 Å². The summed E-state index contributed by atoms with van der Waals surface area (Å²) in [6.07, 6.45) is -2.53. The molecule has 0 saturated heterocycles. The second-order valence-electron chi connectivity index (χ2n) is 5.26. The first kappa shape index (κ1) is 9.76. The van der Waals surface area contributed by atoms with Crippen LogP contribution in [-0.4, -0.2) is 37.4 Å². The fourth-order valence-corrected chi connectivity index (χ4v) is 2.41. The molecule has 1 aliphatic rings. The van der Waals surface area contributed by atoms with E-state index in [2.05, 4.69) is 4.74 Å². The van der Waals surface area contributed by atoms with Crippen LogP contribution in [0.5, 0.6) is 0 Å². The molecule has 1 N–H and O–H groups in total. The highest BCUT2D eigenvalue weighted by atomic mass is 16.5. The quantitative estimate of drug-likeness (QED) is 0.432. The average Bonchev–Trinajstić information content (AvgIpc) is 2.68. The van der Waals surface area contributed by atoms with Gasteiger partial charge in [0.2, 0.25) is 23.1 Å². The summed E-state index contributed by atoms with van der Waals surface area (Å²) in [5.74, 6) is -3.78. The molecule has 0 saturated carbocycles. The predicted molar refractivity (Wildman–Crippen MR) is 92.4 cm³/mol. The molecule has 0 unspecified atom stereocenters. The number of carbonyl (C=O) groups is 2. The van der Waals surface area contributed by atoms with Gasteiger partial charge < -0.3 is 14.6 Å². The van der Waals surface area contributed by atoms with Gasteiger partial charge in [0.15, 0.2) is 0 Å². The van der Waals surface area contributed by atoms with Gasteiger partial charge in [0.25, 0.3) is 0 Å². The van der Waals surface area contributed by atoms with E-state index >= 15 is 0 Å². The molecule has 5 heteroatoms. The van der Waals surface area contributed by atoms with Crippen LogP contribution in [0.4, 0.5) is 0 Å². The van der Waals surface area contributed by atoms with Crippen molar-refractivity contribution in [2.45, 2.75) is 64.5 Å². The van der Waals surface area contributed by atoms with Gasteiger partial charge in [-0.05, 0) is 26.1 Å². The molecule has 5 nitrogen and oxygen atoms in total. The molecular formula is C19H30O5. The van der Waals surface area contributed by atoms with Crippen molar-refractivity contribution in [2.24, 2.45) is 0 Å². The van der Waals surface area contributed by atoms with Gasteiger partial charge >= 0.3 is 0 Å². The second-order valence-corrected chi connectivity index (χ2v) is 5.26. The van der Waals surface area contributed by atoms with Gasteiger partial charge in [-0.2, -0.15) is 0 Å². The lowest BCUT2D eigenvalue weighted by Crippen LogP contribution is -2.25. The molecule has 0 fully saturated rings. The van der Waals surface area contributed by atoms with Crippen molar-refractivity contribution in [1.29, 1.82) is 0 Å². The van der Waals surface area contributed by atoms with Crippen LogP contribution in [0.1, 0.15) is 78.3 Å². The Morgan fingerprint density at radius 2 is 1.62 bits per heavy atom. The SMILES string of the molecule is [2H]C([2H])([2H])OC1=C(OC)C(=O)C(C([2H])([2H])[2H])=C(CCCCCCCC([2H])([2H])C([2H])([2H])CO)C1=O. The Morgan fingerprint density at radius 3 is 2.25 bits per heavy atom. The summed E-state index contributed by atoms with van der Waals surface area (Å²) >= 11 is 0. The molecule has 1 rings (SSSR count). The van der Waals surface area contributed by atoms with Crippen molar-refractivity contribution in [3.05, 3.63) is 22.7 Å². The fraction of sp³-hybridized carbons (Fsp3) is 0.684. The van der Waals surface area contributed by atoms with Gasteiger partial charge in [-0.15, -0.1) is 0 Å². The highest BCUT2D eigenvalue weighted by Gasteiger charge is 2.34. The van der Waals surface area contributed by atoms with Gasteiger partial charge in [0.05, 0.1) is 18.3 Å². The van der Waals surface area contributed by atoms with Crippen LogP contribution in [-0.2, 0) is 19.1 Å². The number of carbonyl (C=O) groups excluding carboxylic acids is 2. The number of aliphatic hydroxyl groups is 1. The third kappa shape index (κ3) is 5.48. The lowest BCUT2D eigenvalue weighted by molar-refractivity contribution is -0.121. The standard InChI is InChI=1S/C19H30O5/c1-14-15(12-10-8-6-4-5-7-9-11-13-20)17(22)19(24-3)18(23-2)16(14)21/h20H,4-13H2,1-3H3/i1D3,3D3,9D2,11D2. The Morgan fingerprint density at radius 1 is 0.958 bits per heavy atom. The van der Waals surface area contributed by atoms with E-state index < -0.39 is 61.9 Å². The first-order chi connectivity index (χ1) is 15.4. The van der Waals surface area contributed by atoms with E-state index in [4.69, 9.17) is 23.6 Å². The van der Waals surface area contributed by atoms with Crippen LogP contribution in [0.2, 0.25) is 0 Å². The Hall–Kier alpha value is -1.62. The van der Waals surface area contributed by atoms with Crippen LogP contribution in [0.3, 0.4) is 0 Å². The Labute approximate surface area is 158 Å². The molecular weight excluding hydrogens is 308 g/mol. The summed E-state index contributed by atoms with van der Waals surface area (Å²) in [5.41, 5.74) is -1.08. The van der Waals surface area contributed by atoms with Crippen molar-refractivity contribution in [1.82, 2.24) is 0 Å². The Balaban J connectivity index is 2.86. The van der Waals surface area contributed by atoms with Crippen LogP contribution >= 0.6 is 0 Å². The van der Waals surface area contributed by atoms with Crippen molar-refractivity contribution in [2.75, 3.05) is 20.8 Å². The van der Waals surface area contributed by atoms with Gasteiger partial charge in [-0.3, -0.25) is 9.59 Å². The second kappa shape index (κ2) is 11.0. The van der Waals surface area contributed by atoms with Crippen LogP contribution in [0, 0.1) is 0 Å². The van der Waals surface area contributed by atoms with Gasteiger partial charge in [0.1, 0.15) is 0 Å². The molecule has 0 spiro atoms. The third-order valence-corrected chi connectivity index (χ3v) is 3.66. The van der Waals surface area contributed by atoms with Crippen molar-refractivity contribution >= 4 is 11.6 Å². The van der Waals surface area contributed by atoms with Crippen molar-refractivity contribution in [3.8, 4) is 0 Å². The molecule has 0 heterocycles. The molecule has 0 aromatic rings. The molecule has 0 amide bonds. The number of hydrogen-bond acceptors (Lipinski definition) is 5. The molecule has 0 aliphatic heterocycles. The normalized spacial score (nSPS) is 23.8. The predicted octanol–water partition coefficient (Wildman–Crippen LogP) is 3.46. The average molecular weight is 349 g/mol. The molecule has 0 aromatic heterocycles. The molecule has 1 aliphatic carbocycles. The molecule has 136 valence electrons. The largest absolute Gasteiger partial charge is 0.489 e. The minimum absolute atomic E-state index is 0.0949. The lowest BCUT2D eigenvalue weighted by atomic mass is 9.89. The summed E-state index contributed by atoms with van der Waals surface area (Å²) < 4.78 is 84.7. The van der Waals surface area contributed by atoms with Gasteiger partial charge in [-0.1, -0.05) is 38.5 Å². The maximum absolute atomic E-state index is 12.9. The van der Waals surface area contributed by atoms with Crippen molar-refractivity contribution in [3.63, 3.8) is 0 Å². The van der Waals surface area contributed by atoms with Gasteiger partial charge in [-0.25, -0.2) is 0 Å². The highest BCUT2D eigenvalue weighted by Crippen LogP contribution is 2.28. The summed E-state index contributed by atoms with van der Waals surface area (Å²) in [5, 5.41) is 9.00. The van der Waals surface area contributed by atoms with E-state index in [0.717, 1.165) is 7.11 Å². The summed E-state index contributed by atoms with van der Waals surface area (Å²) in [6.45, 7) is -3.87. The maximum atomic E-state index is 12.9. The third-order valence-electron chi connectivity index (χ3n) is 3.66. The molecule has 0 bridgehead atoms. The number of Topliss-reactive ketones (excluding diaryl/α,β-unsaturated/α-hetero) is 2. The first-order valence-electron chi connectivity index (χ1n) is 12.8. The van der Waals surface area contributed by atoms with E-state index in [1.165, 1.54) is 0 Å². The van der Waals surface area contributed by atoms with E-state index in [1.54, 1.807) is 0 Å². The number of methoxy groups -OCH3 is 2. The Kier molecular flexibility index (Phi) is 4.48. The number of hydrogen-bond donors (Lipinski definition) is 1. The summed E-state index contributed by atoms with van der Waals surface area (Å²) in [7, 11) is -2.06. The maximum Gasteiger partial charge on any atom is 0.228 e. The minimum Gasteiger partial charge on any atom is -0.489 e. The molecule has 0 aromatic carbocycles. The topological polar surface area (TPSA) is 72.8 Å². The lowest BCUT2D eigenvalue weighted by Gasteiger charge is -2.20.